The molecular weight excluding hydrogens is 252 g/mol. The Balaban J connectivity index is 2.74. The Morgan fingerprint density at radius 2 is 2.46 bits per heavy atom. The number of thiophene rings is 1. The van der Waals surface area contributed by atoms with E-state index in [-0.39, 0.29) is 5.97 Å². The summed E-state index contributed by atoms with van der Waals surface area (Å²) >= 11 is 4.71. The van der Waals surface area contributed by atoms with Crippen LogP contribution in [0.3, 0.4) is 0 Å². The van der Waals surface area contributed by atoms with Crippen molar-refractivity contribution in [2.24, 2.45) is 0 Å². The van der Waals surface area contributed by atoms with E-state index >= 15 is 0 Å². The van der Waals surface area contributed by atoms with Crippen molar-refractivity contribution in [1.29, 1.82) is 0 Å². The van der Waals surface area contributed by atoms with Gasteiger partial charge >= 0.3 is 5.97 Å². The maximum absolute atomic E-state index is 11.1. The van der Waals surface area contributed by atoms with Gasteiger partial charge in [0, 0.05) is 10.2 Å². The van der Waals surface area contributed by atoms with Gasteiger partial charge in [-0.25, -0.2) is 4.79 Å². The molecule has 0 aliphatic carbocycles. The SMILES string of the molecule is COC(=O)c1ccc(C=CCBr)s1. The summed E-state index contributed by atoms with van der Waals surface area (Å²) in [5.41, 5.74) is 0. The minimum atomic E-state index is -0.275. The molecule has 1 aromatic rings. The van der Waals surface area contributed by atoms with Crippen LogP contribution in [0.5, 0.6) is 0 Å². The minimum absolute atomic E-state index is 0.275. The van der Waals surface area contributed by atoms with Crippen molar-refractivity contribution in [3.8, 4) is 0 Å². The average molecular weight is 261 g/mol. The van der Waals surface area contributed by atoms with Crippen LogP contribution < -0.4 is 0 Å². The number of alkyl halides is 1. The Bertz CT molecular complexity index is 317. The van der Waals surface area contributed by atoms with Crippen molar-refractivity contribution in [1.82, 2.24) is 0 Å². The summed E-state index contributed by atoms with van der Waals surface area (Å²) < 4.78 is 4.59. The van der Waals surface area contributed by atoms with Gasteiger partial charge in [0.15, 0.2) is 0 Å². The Morgan fingerprint density at radius 1 is 1.69 bits per heavy atom. The number of carbonyl (C=O) groups excluding carboxylic acids is 1. The van der Waals surface area contributed by atoms with Crippen LogP contribution in [0.1, 0.15) is 14.5 Å². The second-order valence-electron chi connectivity index (χ2n) is 2.25. The molecule has 70 valence electrons. The highest BCUT2D eigenvalue weighted by atomic mass is 79.9. The highest BCUT2D eigenvalue weighted by molar-refractivity contribution is 9.09. The smallest absolute Gasteiger partial charge is 0.348 e. The first-order valence-electron chi connectivity index (χ1n) is 3.68. The highest BCUT2D eigenvalue weighted by Crippen LogP contribution is 2.18. The van der Waals surface area contributed by atoms with Gasteiger partial charge in [0.05, 0.1) is 7.11 Å². The molecule has 13 heavy (non-hydrogen) atoms. The Labute approximate surface area is 89.3 Å². The van der Waals surface area contributed by atoms with Crippen LogP contribution in [0, 0.1) is 0 Å². The molecule has 0 atom stereocenters. The fraction of sp³-hybridized carbons (Fsp3) is 0.222. The molecule has 0 saturated carbocycles. The second-order valence-corrected chi connectivity index (χ2v) is 4.01. The van der Waals surface area contributed by atoms with Gasteiger partial charge in [-0.2, -0.15) is 0 Å². The number of halogens is 1. The second kappa shape index (κ2) is 5.19. The first-order valence-corrected chi connectivity index (χ1v) is 5.62. The number of allylic oxidation sites excluding steroid dienone is 1. The summed E-state index contributed by atoms with van der Waals surface area (Å²) in [4.78, 5) is 12.7. The third-order valence-electron chi connectivity index (χ3n) is 1.38. The van der Waals surface area contributed by atoms with E-state index in [0.717, 1.165) is 10.2 Å². The predicted octanol–water partition coefficient (Wildman–Crippen LogP) is 2.94. The molecule has 4 heteroatoms. The zero-order valence-corrected chi connectivity index (χ0v) is 9.52. The van der Waals surface area contributed by atoms with E-state index in [4.69, 9.17) is 0 Å². The molecule has 1 rings (SSSR count). The van der Waals surface area contributed by atoms with Crippen LogP contribution in [-0.2, 0) is 4.74 Å². The van der Waals surface area contributed by atoms with Gasteiger partial charge in [0.1, 0.15) is 4.88 Å². The van der Waals surface area contributed by atoms with Crippen molar-refractivity contribution in [2.45, 2.75) is 0 Å². The van der Waals surface area contributed by atoms with Crippen molar-refractivity contribution in [3.63, 3.8) is 0 Å². The van der Waals surface area contributed by atoms with Gasteiger partial charge in [0.25, 0.3) is 0 Å². The number of rotatable bonds is 3. The molecular formula is C9H9BrO2S. The number of hydrogen-bond donors (Lipinski definition) is 0. The monoisotopic (exact) mass is 260 g/mol. The summed E-state index contributed by atoms with van der Waals surface area (Å²) in [6, 6.07) is 3.67. The molecule has 0 N–H and O–H groups in total. The van der Waals surface area contributed by atoms with Gasteiger partial charge < -0.3 is 4.74 Å². The fourth-order valence-electron chi connectivity index (χ4n) is 0.813. The minimum Gasteiger partial charge on any atom is -0.465 e. The summed E-state index contributed by atoms with van der Waals surface area (Å²) in [5.74, 6) is -0.275. The molecule has 1 aromatic heterocycles. The number of ether oxygens (including phenoxy) is 1. The Kier molecular flexibility index (Phi) is 4.18. The molecule has 2 nitrogen and oxygen atoms in total. The summed E-state index contributed by atoms with van der Waals surface area (Å²) in [6.07, 6.45) is 3.94. The van der Waals surface area contributed by atoms with E-state index in [1.807, 2.05) is 18.2 Å². The number of carbonyl (C=O) groups is 1. The van der Waals surface area contributed by atoms with Crippen LogP contribution in [0.4, 0.5) is 0 Å². The van der Waals surface area contributed by atoms with Crippen molar-refractivity contribution >= 4 is 39.3 Å². The molecule has 0 aliphatic rings. The standard InChI is InChI=1S/C9H9BrO2S/c1-12-9(11)8-5-4-7(13-8)3-2-6-10/h2-5H,6H2,1H3. The maximum atomic E-state index is 11.1. The Hall–Kier alpha value is -0.610. The lowest BCUT2D eigenvalue weighted by molar-refractivity contribution is 0.0606. The molecule has 0 radical (unpaired) electrons. The molecule has 0 saturated heterocycles. The molecule has 0 aliphatic heterocycles. The summed E-state index contributed by atoms with van der Waals surface area (Å²) in [7, 11) is 1.38. The number of esters is 1. The van der Waals surface area contributed by atoms with Crippen LogP contribution in [-0.4, -0.2) is 18.4 Å². The van der Waals surface area contributed by atoms with Crippen LogP contribution >= 0.6 is 27.3 Å². The largest absolute Gasteiger partial charge is 0.465 e. The molecule has 1 heterocycles. The van der Waals surface area contributed by atoms with Gasteiger partial charge in [0.2, 0.25) is 0 Å². The highest BCUT2D eigenvalue weighted by Gasteiger charge is 2.06. The molecule has 0 spiro atoms. The van der Waals surface area contributed by atoms with Crippen LogP contribution in [0.15, 0.2) is 18.2 Å². The summed E-state index contributed by atoms with van der Waals surface area (Å²) in [5, 5.41) is 0.818. The van der Waals surface area contributed by atoms with Crippen LogP contribution in [0.2, 0.25) is 0 Å². The van der Waals surface area contributed by atoms with E-state index in [9.17, 15) is 4.79 Å². The van der Waals surface area contributed by atoms with Crippen molar-refractivity contribution in [2.75, 3.05) is 12.4 Å². The predicted molar refractivity (Wildman–Crippen MR) is 58.5 cm³/mol. The number of hydrogen-bond acceptors (Lipinski definition) is 3. The Morgan fingerprint density at radius 3 is 3.08 bits per heavy atom. The lowest BCUT2D eigenvalue weighted by atomic mass is 10.4. The quantitative estimate of drug-likeness (QED) is 0.617. The third-order valence-corrected chi connectivity index (χ3v) is 2.79. The lowest BCUT2D eigenvalue weighted by Crippen LogP contribution is -1.96. The molecule has 0 unspecified atom stereocenters. The van der Waals surface area contributed by atoms with Gasteiger partial charge in [-0.15, -0.1) is 11.3 Å². The molecule has 0 bridgehead atoms. The molecule has 0 amide bonds. The van der Waals surface area contributed by atoms with Gasteiger partial charge in [-0.1, -0.05) is 22.0 Å². The maximum Gasteiger partial charge on any atom is 0.348 e. The van der Waals surface area contributed by atoms with E-state index in [2.05, 4.69) is 20.7 Å². The number of methoxy groups -OCH3 is 1. The summed E-state index contributed by atoms with van der Waals surface area (Å²) in [6.45, 7) is 0. The average Bonchev–Trinajstić information content (AvgIpc) is 2.62. The van der Waals surface area contributed by atoms with Gasteiger partial charge in [-0.3, -0.25) is 0 Å². The van der Waals surface area contributed by atoms with E-state index in [1.54, 1.807) is 6.07 Å². The van der Waals surface area contributed by atoms with Crippen molar-refractivity contribution in [3.05, 3.63) is 28.0 Å². The first kappa shape index (κ1) is 10.5. The lowest BCUT2D eigenvalue weighted by Gasteiger charge is -1.91. The zero-order valence-electron chi connectivity index (χ0n) is 7.12. The van der Waals surface area contributed by atoms with E-state index in [1.165, 1.54) is 18.4 Å². The van der Waals surface area contributed by atoms with Crippen LogP contribution in [0.25, 0.3) is 6.08 Å². The van der Waals surface area contributed by atoms with Gasteiger partial charge in [-0.05, 0) is 18.2 Å². The van der Waals surface area contributed by atoms with E-state index < -0.39 is 0 Å². The molecule has 0 aromatic carbocycles. The normalized spacial score (nSPS) is 10.6. The fourth-order valence-corrected chi connectivity index (χ4v) is 1.86. The van der Waals surface area contributed by atoms with Crippen molar-refractivity contribution < 1.29 is 9.53 Å². The zero-order chi connectivity index (χ0) is 9.68. The molecule has 0 fully saturated rings. The first-order chi connectivity index (χ1) is 6.27. The third kappa shape index (κ3) is 2.97. The topological polar surface area (TPSA) is 26.3 Å². The van der Waals surface area contributed by atoms with E-state index in [0.29, 0.717) is 4.88 Å².